The van der Waals surface area contributed by atoms with Gasteiger partial charge in [-0.1, -0.05) is 11.6 Å². The monoisotopic (exact) mass is 267 g/mol. The van der Waals surface area contributed by atoms with Crippen molar-refractivity contribution in [1.82, 2.24) is 4.90 Å². The number of carbonyl (C=O) groups excluding carboxylic acids is 2. The van der Waals surface area contributed by atoms with Gasteiger partial charge in [-0.15, -0.1) is 0 Å². The highest BCUT2D eigenvalue weighted by molar-refractivity contribution is 6.32. The number of hydrogen-bond acceptors (Lipinski definition) is 3. The van der Waals surface area contributed by atoms with Crippen molar-refractivity contribution in [2.24, 2.45) is 0 Å². The van der Waals surface area contributed by atoms with Gasteiger partial charge in [0.15, 0.2) is 5.78 Å². The van der Waals surface area contributed by atoms with Crippen LogP contribution in [-0.2, 0) is 4.79 Å². The van der Waals surface area contributed by atoms with Crippen LogP contribution in [0.25, 0.3) is 0 Å². The Bertz CT molecular complexity index is 487. The van der Waals surface area contributed by atoms with E-state index in [4.69, 9.17) is 16.3 Å². The number of rotatable bonds is 2. The van der Waals surface area contributed by atoms with Gasteiger partial charge in [0.05, 0.1) is 18.7 Å². The third-order valence-electron chi connectivity index (χ3n) is 2.94. The SMILES string of the molecule is COc1ccc(C(=O)N2CCCC(=O)C2)cc1Cl. The fraction of sp³-hybridized carbons (Fsp3) is 0.385. The van der Waals surface area contributed by atoms with E-state index in [1.165, 1.54) is 7.11 Å². The van der Waals surface area contributed by atoms with Crippen LogP contribution in [-0.4, -0.2) is 36.8 Å². The fourth-order valence-electron chi connectivity index (χ4n) is 1.99. The predicted molar refractivity (Wildman–Crippen MR) is 68.1 cm³/mol. The predicted octanol–water partition coefficient (Wildman–Crippen LogP) is 2.15. The molecule has 0 aromatic heterocycles. The molecule has 0 N–H and O–H groups in total. The van der Waals surface area contributed by atoms with Crippen LogP contribution in [0.5, 0.6) is 5.75 Å². The first-order valence-electron chi connectivity index (χ1n) is 5.76. The van der Waals surface area contributed by atoms with Crippen LogP contribution in [0.3, 0.4) is 0 Å². The Morgan fingerprint density at radius 1 is 1.44 bits per heavy atom. The molecule has 0 radical (unpaired) electrons. The van der Waals surface area contributed by atoms with Gasteiger partial charge < -0.3 is 9.64 Å². The van der Waals surface area contributed by atoms with Crippen LogP contribution in [0.2, 0.25) is 5.02 Å². The molecule has 1 fully saturated rings. The van der Waals surface area contributed by atoms with E-state index >= 15 is 0 Å². The topological polar surface area (TPSA) is 46.6 Å². The average Bonchev–Trinajstić information content (AvgIpc) is 2.37. The van der Waals surface area contributed by atoms with E-state index < -0.39 is 0 Å². The van der Waals surface area contributed by atoms with Gasteiger partial charge in [0.1, 0.15) is 5.75 Å². The largest absolute Gasteiger partial charge is 0.495 e. The van der Waals surface area contributed by atoms with Gasteiger partial charge in [-0.25, -0.2) is 0 Å². The van der Waals surface area contributed by atoms with Crippen molar-refractivity contribution in [3.63, 3.8) is 0 Å². The summed E-state index contributed by atoms with van der Waals surface area (Å²) in [7, 11) is 1.52. The molecule has 5 heteroatoms. The zero-order chi connectivity index (χ0) is 13.1. The summed E-state index contributed by atoms with van der Waals surface area (Å²) in [6.45, 7) is 0.816. The number of nitrogens with zero attached hydrogens (tertiary/aromatic N) is 1. The summed E-state index contributed by atoms with van der Waals surface area (Å²) < 4.78 is 5.03. The molecule has 1 amide bonds. The van der Waals surface area contributed by atoms with Crippen molar-refractivity contribution < 1.29 is 14.3 Å². The van der Waals surface area contributed by atoms with Crippen LogP contribution in [0.1, 0.15) is 23.2 Å². The summed E-state index contributed by atoms with van der Waals surface area (Å²) in [5.41, 5.74) is 0.482. The van der Waals surface area contributed by atoms with E-state index in [1.807, 2.05) is 0 Å². The maximum atomic E-state index is 12.2. The second kappa shape index (κ2) is 5.40. The van der Waals surface area contributed by atoms with E-state index in [2.05, 4.69) is 0 Å². The lowest BCUT2D eigenvalue weighted by Crippen LogP contribution is -2.40. The van der Waals surface area contributed by atoms with Crippen LogP contribution in [0.4, 0.5) is 0 Å². The Labute approximate surface area is 110 Å². The number of hydrogen-bond donors (Lipinski definition) is 0. The van der Waals surface area contributed by atoms with E-state index in [9.17, 15) is 9.59 Å². The van der Waals surface area contributed by atoms with E-state index in [-0.39, 0.29) is 18.2 Å². The molecular formula is C13H14ClNO3. The van der Waals surface area contributed by atoms with Crippen molar-refractivity contribution in [3.8, 4) is 5.75 Å². The highest BCUT2D eigenvalue weighted by atomic mass is 35.5. The van der Waals surface area contributed by atoms with E-state index in [0.717, 1.165) is 6.42 Å². The molecule has 1 saturated heterocycles. The van der Waals surface area contributed by atoms with E-state index in [0.29, 0.717) is 29.3 Å². The lowest BCUT2D eigenvalue weighted by Gasteiger charge is -2.25. The van der Waals surface area contributed by atoms with Crippen LogP contribution < -0.4 is 4.74 Å². The van der Waals surface area contributed by atoms with Gasteiger partial charge in [-0.3, -0.25) is 9.59 Å². The number of benzene rings is 1. The van der Waals surface area contributed by atoms with Gasteiger partial charge >= 0.3 is 0 Å². The highest BCUT2D eigenvalue weighted by Gasteiger charge is 2.22. The van der Waals surface area contributed by atoms with Gasteiger partial charge in [0.25, 0.3) is 5.91 Å². The van der Waals surface area contributed by atoms with Crippen molar-refractivity contribution in [2.75, 3.05) is 20.2 Å². The zero-order valence-corrected chi connectivity index (χ0v) is 10.9. The second-order valence-corrected chi connectivity index (χ2v) is 4.63. The molecule has 1 aromatic rings. The first kappa shape index (κ1) is 12.9. The minimum atomic E-state index is -0.160. The Kier molecular flexibility index (Phi) is 3.87. The maximum absolute atomic E-state index is 12.2. The molecule has 0 saturated carbocycles. The molecule has 1 aliphatic heterocycles. The highest BCUT2D eigenvalue weighted by Crippen LogP contribution is 2.25. The zero-order valence-electron chi connectivity index (χ0n) is 10.1. The Morgan fingerprint density at radius 2 is 2.22 bits per heavy atom. The molecule has 0 aliphatic carbocycles. The number of ether oxygens (including phenoxy) is 1. The standard InChI is InChI=1S/C13H14ClNO3/c1-18-12-5-4-9(7-11(12)14)13(17)15-6-2-3-10(16)8-15/h4-5,7H,2-3,6,8H2,1H3. The average molecular weight is 268 g/mol. The molecule has 1 aromatic carbocycles. The minimum Gasteiger partial charge on any atom is -0.495 e. The number of ketones is 1. The molecule has 0 spiro atoms. The number of methoxy groups -OCH3 is 1. The van der Waals surface area contributed by atoms with Gasteiger partial charge in [0, 0.05) is 18.5 Å². The fourth-order valence-corrected chi connectivity index (χ4v) is 2.25. The van der Waals surface area contributed by atoms with Crippen LogP contribution >= 0.6 is 11.6 Å². The smallest absolute Gasteiger partial charge is 0.254 e. The summed E-state index contributed by atoms with van der Waals surface area (Å²) in [5.74, 6) is 0.477. The third kappa shape index (κ3) is 2.64. The number of halogens is 1. The molecule has 4 nitrogen and oxygen atoms in total. The first-order valence-corrected chi connectivity index (χ1v) is 6.14. The second-order valence-electron chi connectivity index (χ2n) is 4.22. The van der Waals surface area contributed by atoms with Crippen molar-refractivity contribution >= 4 is 23.3 Å². The molecule has 18 heavy (non-hydrogen) atoms. The van der Waals surface area contributed by atoms with Crippen LogP contribution in [0, 0.1) is 0 Å². The molecule has 1 heterocycles. The van der Waals surface area contributed by atoms with Gasteiger partial charge in [-0.05, 0) is 24.6 Å². The Hall–Kier alpha value is -1.55. The summed E-state index contributed by atoms with van der Waals surface area (Å²) in [5, 5.41) is 0.395. The Balaban J connectivity index is 2.18. The van der Waals surface area contributed by atoms with Crippen molar-refractivity contribution in [2.45, 2.75) is 12.8 Å². The molecule has 1 aliphatic rings. The molecule has 0 unspecified atom stereocenters. The minimum absolute atomic E-state index is 0.106. The molecule has 2 rings (SSSR count). The summed E-state index contributed by atoms with van der Waals surface area (Å²) in [4.78, 5) is 25.1. The number of piperidine rings is 1. The lowest BCUT2D eigenvalue weighted by molar-refractivity contribution is -0.121. The molecular weight excluding hydrogens is 254 g/mol. The first-order chi connectivity index (χ1) is 8.61. The third-order valence-corrected chi connectivity index (χ3v) is 3.23. The number of likely N-dealkylation sites (tertiary alicyclic amines) is 1. The quantitative estimate of drug-likeness (QED) is 0.825. The van der Waals surface area contributed by atoms with Gasteiger partial charge in [0.2, 0.25) is 0 Å². The van der Waals surface area contributed by atoms with Crippen molar-refractivity contribution in [3.05, 3.63) is 28.8 Å². The normalized spacial score (nSPS) is 15.7. The summed E-state index contributed by atoms with van der Waals surface area (Å²) in [6.07, 6.45) is 1.29. The summed E-state index contributed by atoms with van der Waals surface area (Å²) >= 11 is 5.98. The van der Waals surface area contributed by atoms with E-state index in [1.54, 1.807) is 23.1 Å². The molecule has 0 atom stereocenters. The Morgan fingerprint density at radius 3 is 2.83 bits per heavy atom. The van der Waals surface area contributed by atoms with Crippen molar-refractivity contribution in [1.29, 1.82) is 0 Å². The number of carbonyl (C=O) groups is 2. The number of Topliss-reactive ketones (excluding diaryl/α,β-unsaturated/α-hetero) is 1. The van der Waals surface area contributed by atoms with Crippen LogP contribution in [0.15, 0.2) is 18.2 Å². The van der Waals surface area contributed by atoms with Gasteiger partial charge in [-0.2, -0.15) is 0 Å². The summed E-state index contributed by atoms with van der Waals surface area (Å²) in [6, 6.07) is 4.88. The number of amides is 1. The maximum Gasteiger partial charge on any atom is 0.254 e. The lowest BCUT2D eigenvalue weighted by atomic mass is 10.1. The molecule has 0 bridgehead atoms. The molecule has 96 valence electrons.